The Labute approximate surface area is 311 Å². The molecular formula is C41H50N4O7S. The average Bonchev–Trinajstić information content (AvgIpc) is 3.98. The van der Waals surface area contributed by atoms with Crippen molar-refractivity contribution >= 4 is 38.8 Å². The van der Waals surface area contributed by atoms with Crippen molar-refractivity contribution in [2.24, 2.45) is 17.8 Å². The molecule has 12 heteroatoms. The molecule has 3 aliphatic heterocycles. The van der Waals surface area contributed by atoms with E-state index in [0.717, 1.165) is 51.9 Å². The number of ether oxygens (including phenoxy) is 2. The lowest BCUT2D eigenvalue weighted by Gasteiger charge is -2.34. The average molecular weight is 743 g/mol. The Bertz CT molecular complexity index is 2110. The van der Waals surface area contributed by atoms with Crippen molar-refractivity contribution in [2.75, 3.05) is 33.3 Å². The third-order valence-corrected chi connectivity index (χ3v) is 14.5. The summed E-state index contributed by atoms with van der Waals surface area (Å²) in [5, 5.41) is 0.500. The highest BCUT2D eigenvalue weighted by molar-refractivity contribution is 7.91. The largest absolute Gasteiger partial charge is 0.496 e. The number of allylic oxidation sites excluding steroid dienone is 4. The summed E-state index contributed by atoms with van der Waals surface area (Å²) in [5.74, 6) is 0.327. The van der Waals surface area contributed by atoms with E-state index >= 15 is 0 Å². The first-order valence-corrected chi connectivity index (χ1v) is 21.0. The molecule has 1 aromatic carbocycles. The Morgan fingerprint density at radius 3 is 2.28 bits per heavy atom. The maximum absolute atomic E-state index is 14.8. The van der Waals surface area contributed by atoms with Gasteiger partial charge in [0.2, 0.25) is 15.9 Å². The molecule has 3 unspecified atom stereocenters. The van der Waals surface area contributed by atoms with Gasteiger partial charge in [-0.05, 0) is 93.2 Å². The second-order valence-corrected chi connectivity index (χ2v) is 19.3. The summed E-state index contributed by atoms with van der Waals surface area (Å²) >= 11 is 0. The van der Waals surface area contributed by atoms with Gasteiger partial charge in [0, 0.05) is 61.6 Å². The van der Waals surface area contributed by atoms with Gasteiger partial charge in [-0.2, -0.15) is 0 Å². The monoisotopic (exact) mass is 742 g/mol. The van der Waals surface area contributed by atoms with Crippen LogP contribution in [0.5, 0.6) is 5.75 Å². The van der Waals surface area contributed by atoms with Gasteiger partial charge in [-0.15, -0.1) is 0 Å². The number of benzene rings is 1. The summed E-state index contributed by atoms with van der Waals surface area (Å²) in [6.45, 7) is 8.35. The zero-order valence-corrected chi connectivity index (χ0v) is 32.0. The number of carbonyl (C=O) groups is 3. The third-order valence-electron chi connectivity index (χ3n) is 12.7. The van der Waals surface area contributed by atoms with Crippen LogP contribution in [0, 0.1) is 17.8 Å². The molecule has 0 bridgehead atoms. The number of hydrogen-bond donors (Lipinski definition) is 1. The molecular weight excluding hydrogens is 693 g/mol. The Balaban J connectivity index is 1.09. The smallest absolute Gasteiger partial charge is 0.410 e. The maximum atomic E-state index is 14.8. The number of methoxy groups -OCH3 is 1. The van der Waals surface area contributed by atoms with E-state index in [-0.39, 0.29) is 29.8 Å². The fourth-order valence-electron chi connectivity index (χ4n) is 10.0. The number of likely N-dealkylation sites (tertiary alicyclic amines) is 2. The fraction of sp³-hybridized carbons (Fsp3) is 0.585. The molecule has 9 rings (SSSR count). The highest BCUT2D eigenvalue weighted by atomic mass is 32.2. The quantitative estimate of drug-likeness (QED) is 0.390. The fourth-order valence-corrected chi connectivity index (χ4v) is 11.3. The first-order chi connectivity index (χ1) is 25.3. The van der Waals surface area contributed by atoms with Crippen LogP contribution in [0.2, 0.25) is 0 Å². The zero-order valence-electron chi connectivity index (χ0n) is 31.2. The first-order valence-electron chi connectivity index (χ1n) is 19.5. The lowest BCUT2D eigenvalue weighted by atomic mass is 9.76. The van der Waals surface area contributed by atoms with Gasteiger partial charge < -0.3 is 23.8 Å². The van der Waals surface area contributed by atoms with E-state index in [1.807, 2.05) is 31.7 Å². The number of amides is 3. The number of hydrogen-bond acceptors (Lipinski definition) is 7. The molecule has 2 saturated carbocycles. The van der Waals surface area contributed by atoms with Crippen LogP contribution in [-0.2, 0) is 30.9 Å². The van der Waals surface area contributed by atoms with Gasteiger partial charge in [-0.3, -0.25) is 9.59 Å². The van der Waals surface area contributed by atoms with Crippen LogP contribution < -0.4 is 9.46 Å². The minimum atomic E-state index is -3.74. The van der Waals surface area contributed by atoms with Gasteiger partial charge in [0.15, 0.2) is 0 Å². The minimum Gasteiger partial charge on any atom is -0.496 e. The molecule has 0 spiro atoms. The first kappa shape index (κ1) is 34.7. The number of sulfonamides is 1. The van der Waals surface area contributed by atoms with E-state index in [1.165, 1.54) is 24.8 Å². The lowest BCUT2D eigenvalue weighted by molar-refractivity contribution is -0.135. The van der Waals surface area contributed by atoms with E-state index in [1.54, 1.807) is 12.0 Å². The highest BCUT2D eigenvalue weighted by Crippen LogP contribution is 2.55. The minimum absolute atomic E-state index is 0.0818. The second-order valence-electron chi connectivity index (χ2n) is 17.3. The normalized spacial score (nSPS) is 26.9. The standard InChI is InChI=1S/C41H50N4O7S/c1-41(2,3)52-40(48)44-20-24-18-43(19-25(24)21-44)39(47)29-12-8-11-28-34(29)32-17-30-33(51-4)16-15-27(23-9-6-5-7-10-23)37(30)45(32)22-31-35(28)36(31)38(46)42-53(49,50)26-13-14-26/h8,11,15-17,23-26,29,34H,5-7,9-10,12-14,18-22H2,1-4H3,(H,42,46)/t24?,25?,29-,34?/m1/s1. The maximum Gasteiger partial charge on any atom is 0.410 e. The zero-order chi connectivity index (χ0) is 37.0. The van der Waals surface area contributed by atoms with E-state index in [4.69, 9.17) is 9.47 Å². The number of nitrogens with one attached hydrogen (secondary N) is 1. The van der Waals surface area contributed by atoms with Crippen molar-refractivity contribution in [3.05, 3.63) is 63.9 Å². The summed E-state index contributed by atoms with van der Waals surface area (Å²) in [6, 6.07) is 6.49. The van der Waals surface area contributed by atoms with E-state index in [0.29, 0.717) is 63.5 Å². The predicted molar refractivity (Wildman–Crippen MR) is 200 cm³/mol. The number of fused-ring (bicyclic) bond motifs is 7. The highest BCUT2D eigenvalue weighted by Gasteiger charge is 2.51. The Kier molecular flexibility index (Phi) is 8.18. The van der Waals surface area contributed by atoms with Gasteiger partial charge >= 0.3 is 6.09 Å². The summed E-state index contributed by atoms with van der Waals surface area (Å²) in [4.78, 5) is 45.2. The Morgan fingerprint density at radius 1 is 0.925 bits per heavy atom. The van der Waals surface area contributed by atoms with E-state index in [2.05, 4.69) is 33.6 Å². The molecule has 1 N–H and O–H groups in total. The SMILES string of the molecule is COc1ccc(C2CCCCC2)c2c1cc1n2CC2=C(C(=O)NS(=O)(=O)C3CC3)C2=C2C=CC[C@@H](C(=O)N3CC4CN(C(=O)OC(C)(C)C)CC4C3)C21. The molecule has 53 heavy (non-hydrogen) atoms. The number of carbonyl (C=O) groups excluding carboxylic acids is 3. The number of nitrogens with zero attached hydrogens (tertiary/aromatic N) is 3. The molecule has 4 aliphatic carbocycles. The van der Waals surface area contributed by atoms with Crippen LogP contribution in [0.25, 0.3) is 10.9 Å². The van der Waals surface area contributed by atoms with Crippen molar-refractivity contribution in [1.29, 1.82) is 0 Å². The molecule has 2 aromatic rings. The summed E-state index contributed by atoms with van der Waals surface area (Å²) in [7, 11) is -2.05. The van der Waals surface area contributed by atoms with Crippen molar-refractivity contribution in [1.82, 2.24) is 19.1 Å². The van der Waals surface area contributed by atoms with Crippen LogP contribution in [-0.4, -0.2) is 84.8 Å². The van der Waals surface area contributed by atoms with Gasteiger partial charge in [-0.1, -0.05) is 37.5 Å². The van der Waals surface area contributed by atoms with Crippen LogP contribution in [0.15, 0.2) is 52.6 Å². The van der Waals surface area contributed by atoms with Gasteiger partial charge in [0.25, 0.3) is 5.91 Å². The molecule has 3 amide bonds. The molecule has 4 fully saturated rings. The van der Waals surface area contributed by atoms with Gasteiger partial charge in [0.1, 0.15) is 11.4 Å². The van der Waals surface area contributed by atoms with Crippen LogP contribution in [0.4, 0.5) is 4.79 Å². The molecule has 282 valence electrons. The van der Waals surface area contributed by atoms with Gasteiger partial charge in [0.05, 0.1) is 29.4 Å². The molecule has 1 aromatic heterocycles. The van der Waals surface area contributed by atoms with Crippen LogP contribution in [0.3, 0.4) is 0 Å². The molecule has 4 atom stereocenters. The molecule has 7 aliphatic rings. The molecule has 4 heterocycles. The van der Waals surface area contributed by atoms with E-state index < -0.39 is 32.7 Å². The Hall–Kier alpha value is -4.06. The number of rotatable bonds is 6. The van der Waals surface area contributed by atoms with Crippen molar-refractivity contribution in [3.8, 4) is 5.75 Å². The molecule has 11 nitrogen and oxygen atoms in total. The van der Waals surface area contributed by atoms with Crippen LogP contribution in [0.1, 0.15) is 95.2 Å². The second kappa shape index (κ2) is 12.5. The Morgan fingerprint density at radius 2 is 1.62 bits per heavy atom. The third kappa shape index (κ3) is 5.99. The lowest BCUT2D eigenvalue weighted by Crippen LogP contribution is -2.41. The van der Waals surface area contributed by atoms with Gasteiger partial charge in [-0.25, -0.2) is 17.9 Å². The molecule has 2 saturated heterocycles. The summed E-state index contributed by atoms with van der Waals surface area (Å²) in [5.41, 5.74) is 5.84. The van der Waals surface area contributed by atoms with Crippen molar-refractivity contribution in [2.45, 2.75) is 101 Å². The predicted octanol–water partition coefficient (Wildman–Crippen LogP) is 5.91. The van der Waals surface area contributed by atoms with Crippen molar-refractivity contribution < 1.29 is 32.3 Å². The van der Waals surface area contributed by atoms with Crippen LogP contribution >= 0.6 is 0 Å². The summed E-state index contributed by atoms with van der Waals surface area (Å²) < 4.78 is 42.1. The summed E-state index contributed by atoms with van der Waals surface area (Å²) in [6.07, 6.45) is 11.3. The molecule has 0 radical (unpaired) electrons. The van der Waals surface area contributed by atoms with E-state index in [9.17, 15) is 22.8 Å². The number of aromatic nitrogens is 1. The topological polar surface area (TPSA) is 127 Å². The van der Waals surface area contributed by atoms with Crippen molar-refractivity contribution in [3.63, 3.8) is 0 Å².